The van der Waals surface area contributed by atoms with Gasteiger partial charge in [-0.3, -0.25) is 18.6 Å². The first-order chi connectivity index (χ1) is 27.8. The van der Waals surface area contributed by atoms with Crippen LogP contribution in [0.5, 0.6) is 0 Å². The molecule has 0 heterocycles. The second-order valence-corrected chi connectivity index (χ2v) is 14.9. The topological polar surface area (TPSA) is 134 Å². The molecule has 10 heteroatoms. The van der Waals surface area contributed by atoms with E-state index < -0.39 is 32.5 Å². The summed E-state index contributed by atoms with van der Waals surface area (Å²) in [6.07, 6.45) is 55.7. The molecule has 0 amide bonds. The largest absolute Gasteiger partial charge is 0.472 e. The van der Waals surface area contributed by atoms with Crippen molar-refractivity contribution in [3.8, 4) is 0 Å². The minimum Gasteiger partial charge on any atom is -0.462 e. The van der Waals surface area contributed by atoms with Gasteiger partial charge in [0.2, 0.25) is 0 Å². The molecule has 0 aliphatic rings. The van der Waals surface area contributed by atoms with E-state index in [0.29, 0.717) is 19.3 Å². The maximum Gasteiger partial charge on any atom is 0.472 e. The smallest absolute Gasteiger partial charge is 0.462 e. The molecule has 0 aliphatic carbocycles. The molecule has 0 aromatic rings. The number of hydrogen-bond donors (Lipinski definition) is 2. The highest BCUT2D eigenvalue weighted by Crippen LogP contribution is 2.43. The van der Waals surface area contributed by atoms with Gasteiger partial charge in [0, 0.05) is 19.4 Å². The van der Waals surface area contributed by atoms with Gasteiger partial charge in [-0.1, -0.05) is 149 Å². The number of phosphoric ester groups is 1. The summed E-state index contributed by atoms with van der Waals surface area (Å²) in [5.74, 6) is -1.00. The Morgan fingerprint density at radius 1 is 0.526 bits per heavy atom. The van der Waals surface area contributed by atoms with Crippen LogP contribution in [0.1, 0.15) is 142 Å². The molecule has 57 heavy (non-hydrogen) atoms. The molecule has 0 aliphatic heterocycles. The summed E-state index contributed by atoms with van der Waals surface area (Å²) in [5.41, 5.74) is 5.34. The molecule has 0 aromatic carbocycles. The number of unbranched alkanes of at least 4 members (excludes halogenated alkanes) is 7. The quantitative estimate of drug-likeness (QED) is 0.0270. The van der Waals surface area contributed by atoms with E-state index >= 15 is 0 Å². The Labute approximate surface area is 346 Å². The molecule has 322 valence electrons. The predicted molar refractivity (Wildman–Crippen MR) is 238 cm³/mol. The molecule has 9 nitrogen and oxygen atoms in total. The fourth-order valence-electron chi connectivity index (χ4n) is 4.96. The summed E-state index contributed by atoms with van der Waals surface area (Å²) in [6.45, 7) is 3.49. The van der Waals surface area contributed by atoms with E-state index in [1.807, 2.05) is 18.2 Å². The number of ether oxygens (including phenoxy) is 2. The lowest BCUT2D eigenvalue weighted by Crippen LogP contribution is -2.29. The summed E-state index contributed by atoms with van der Waals surface area (Å²) in [6, 6.07) is 0. The fraction of sp³-hybridized carbons (Fsp3) is 0.574. The molecule has 0 aromatic heterocycles. The van der Waals surface area contributed by atoms with Gasteiger partial charge >= 0.3 is 19.8 Å². The van der Waals surface area contributed by atoms with E-state index in [1.165, 1.54) is 44.9 Å². The summed E-state index contributed by atoms with van der Waals surface area (Å²) in [7, 11) is -4.42. The van der Waals surface area contributed by atoms with Crippen LogP contribution in [0.2, 0.25) is 0 Å². The Morgan fingerprint density at radius 3 is 1.35 bits per heavy atom. The van der Waals surface area contributed by atoms with E-state index in [1.54, 1.807) is 0 Å². The Balaban J connectivity index is 4.41. The second kappa shape index (κ2) is 42.3. The van der Waals surface area contributed by atoms with Gasteiger partial charge in [0.05, 0.1) is 13.2 Å². The first kappa shape index (κ1) is 53.7. The highest BCUT2D eigenvalue weighted by molar-refractivity contribution is 7.47. The zero-order chi connectivity index (χ0) is 41.8. The van der Waals surface area contributed by atoms with E-state index in [-0.39, 0.29) is 32.6 Å². The van der Waals surface area contributed by atoms with Gasteiger partial charge in [-0.05, 0) is 89.9 Å². The van der Waals surface area contributed by atoms with Crippen molar-refractivity contribution in [3.05, 3.63) is 109 Å². The summed E-state index contributed by atoms with van der Waals surface area (Å²) >= 11 is 0. The van der Waals surface area contributed by atoms with Crippen LogP contribution in [0.15, 0.2) is 109 Å². The highest BCUT2D eigenvalue weighted by atomic mass is 31.2. The zero-order valence-corrected chi connectivity index (χ0v) is 36.2. The average Bonchev–Trinajstić information content (AvgIpc) is 3.20. The Hall–Kier alpha value is -3.33. The molecule has 3 N–H and O–H groups in total. The van der Waals surface area contributed by atoms with Crippen molar-refractivity contribution in [1.29, 1.82) is 0 Å². The lowest BCUT2D eigenvalue weighted by molar-refractivity contribution is -0.161. The van der Waals surface area contributed by atoms with Crippen LogP contribution in [0.3, 0.4) is 0 Å². The number of allylic oxidation sites excluding steroid dienone is 18. The maximum absolute atomic E-state index is 12.5. The van der Waals surface area contributed by atoms with Crippen molar-refractivity contribution in [1.82, 2.24) is 0 Å². The molecule has 2 unspecified atom stereocenters. The molecular weight excluding hydrogens is 737 g/mol. The van der Waals surface area contributed by atoms with Crippen LogP contribution in [0.25, 0.3) is 0 Å². The third kappa shape index (κ3) is 42.1. The summed E-state index contributed by atoms with van der Waals surface area (Å²) in [5, 5.41) is 0. The molecule has 0 bridgehead atoms. The van der Waals surface area contributed by atoms with Crippen LogP contribution in [-0.4, -0.2) is 49.3 Å². The molecule has 0 rings (SSSR count). The molecule has 2 atom stereocenters. The van der Waals surface area contributed by atoms with Gasteiger partial charge in [-0.25, -0.2) is 4.57 Å². The standard InChI is InChI=1S/C47H76NO8P/c1-3-5-7-9-11-13-15-17-19-21-22-24-25-27-29-31-33-35-37-39-46(49)53-43-45(44-55-57(51,52)54-42-41-48)56-47(50)40-38-36-34-32-30-28-26-23-20-18-16-14-12-10-8-6-4-2/h11-14,17-20,22,24,26-29,32-35,45H,3-10,15-16,21,23,25,30-31,36-44,48H2,1-2H3,(H,51,52). The van der Waals surface area contributed by atoms with Crippen LogP contribution < -0.4 is 5.73 Å². The molecule has 0 saturated carbocycles. The minimum absolute atomic E-state index is 0.0292. The van der Waals surface area contributed by atoms with Crippen molar-refractivity contribution < 1.29 is 37.6 Å². The fourth-order valence-corrected chi connectivity index (χ4v) is 5.73. The first-order valence-corrected chi connectivity index (χ1v) is 22.9. The number of carbonyl (C=O) groups excluding carboxylic acids is 2. The number of hydrogen-bond acceptors (Lipinski definition) is 8. The number of esters is 2. The number of rotatable bonds is 38. The maximum atomic E-state index is 12.5. The number of phosphoric acid groups is 1. The average molecular weight is 814 g/mol. The lowest BCUT2D eigenvalue weighted by atomic mass is 10.2. The third-order valence-electron chi connectivity index (χ3n) is 8.14. The van der Waals surface area contributed by atoms with Crippen LogP contribution in [0.4, 0.5) is 0 Å². The van der Waals surface area contributed by atoms with Crippen LogP contribution >= 0.6 is 7.82 Å². The van der Waals surface area contributed by atoms with E-state index in [4.69, 9.17) is 24.3 Å². The van der Waals surface area contributed by atoms with Crippen molar-refractivity contribution in [2.24, 2.45) is 5.73 Å². The van der Waals surface area contributed by atoms with Gasteiger partial charge in [-0.2, -0.15) is 0 Å². The lowest BCUT2D eigenvalue weighted by Gasteiger charge is -2.19. The van der Waals surface area contributed by atoms with Crippen molar-refractivity contribution in [3.63, 3.8) is 0 Å². The van der Waals surface area contributed by atoms with Crippen molar-refractivity contribution >= 4 is 19.8 Å². The van der Waals surface area contributed by atoms with E-state index in [2.05, 4.69) is 105 Å². The van der Waals surface area contributed by atoms with Gasteiger partial charge in [0.25, 0.3) is 0 Å². The van der Waals surface area contributed by atoms with Crippen LogP contribution in [0, 0.1) is 0 Å². The molecule has 0 spiro atoms. The van der Waals surface area contributed by atoms with Crippen LogP contribution in [-0.2, 0) is 32.7 Å². The Kier molecular flexibility index (Phi) is 39.8. The van der Waals surface area contributed by atoms with Crippen molar-refractivity contribution in [2.75, 3.05) is 26.4 Å². The summed E-state index contributed by atoms with van der Waals surface area (Å²) in [4.78, 5) is 34.8. The SMILES string of the molecule is CCCCCC=CCC=CCC=CCC=CCC=CCCC(=O)OCC(COP(=O)(O)OCCN)OC(=O)CCCC=CCC=CCC=CCC=CCCCCC. The normalized spacial score (nSPS) is 14.4. The van der Waals surface area contributed by atoms with Gasteiger partial charge in [0.1, 0.15) is 6.61 Å². The Bertz CT molecular complexity index is 1290. The Morgan fingerprint density at radius 2 is 0.930 bits per heavy atom. The molecular formula is C47H76NO8P. The first-order valence-electron chi connectivity index (χ1n) is 21.4. The number of nitrogens with two attached hydrogens (primary N) is 1. The summed E-state index contributed by atoms with van der Waals surface area (Å²) < 4.78 is 32.6. The predicted octanol–water partition coefficient (Wildman–Crippen LogP) is 12.4. The number of carbonyl (C=O) groups is 2. The van der Waals surface area contributed by atoms with E-state index in [9.17, 15) is 19.0 Å². The molecule has 0 radical (unpaired) electrons. The van der Waals surface area contributed by atoms with Gasteiger partial charge in [0.15, 0.2) is 6.10 Å². The van der Waals surface area contributed by atoms with Crippen molar-refractivity contribution in [2.45, 2.75) is 148 Å². The zero-order valence-electron chi connectivity index (χ0n) is 35.3. The highest BCUT2D eigenvalue weighted by Gasteiger charge is 2.25. The molecule has 0 saturated heterocycles. The van der Waals surface area contributed by atoms with Gasteiger partial charge < -0.3 is 20.1 Å². The molecule has 0 fully saturated rings. The van der Waals surface area contributed by atoms with Gasteiger partial charge in [-0.15, -0.1) is 0 Å². The van der Waals surface area contributed by atoms with E-state index in [0.717, 1.165) is 51.4 Å². The second-order valence-electron chi connectivity index (χ2n) is 13.5. The third-order valence-corrected chi connectivity index (χ3v) is 9.13. The minimum atomic E-state index is -4.42. The monoisotopic (exact) mass is 814 g/mol.